The van der Waals surface area contributed by atoms with E-state index >= 15 is 0 Å². The predicted molar refractivity (Wildman–Crippen MR) is 96.6 cm³/mol. The Kier molecular flexibility index (Phi) is 5.23. The second-order valence-corrected chi connectivity index (χ2v) is 6.59. The monoisotopic (exact) mass is 340 g/mol. The van der Waals surface area contributed by atoms with Crippen LogP contribution in [0.2, 0.25) is 0 Å². The molecule has 1 aliphatic rings. The number of nitrogens with two attached hydrogens (primary N) is 1. The van der Waals surface area contributed by atoms with E-state index in [9.17, 15) is 4.79 Å². The van der Waals surface area contributed by atoms with Gasteiger partial charge in [0, 0.05) is 29.5 Å². The number of piperidine rings is 1. The Hall–Kier alpha value is -2.54. The number of amides is 1. The lowest BCUT2D eigenvalue weighted by Gasteiger charge is -2.31. The highest BCUT2D eigenvalue weighted by atomic mass is 16.1. The Bertz CT molecular complexity index is 743. The van der Waals surface area contributed by atoms with E-state index in [1.54, 1.807) is 0 Å². The molecule has 7 heteroatoms. The molecule has 2 aromatic heterocycles. The minimum Gasteiger partial charge on any atom is -0.369 e. The van der Waals surface area contributed by atoms with Crippen molar-refractivity contribution in [3.05, 3.63) is 41.3 Å². The molecule has 1 fully saturated rings. The number of hydrogen-bond acceptors (Lipinski definition) is 6. The van der Waals surface area contributed by atoms with Crippen molar-refractivity contribution in [3.63, 3.8) is 0 Å². The molecule has 1 amide bonds. The average Bonchev–Trinajstić information content (AvgIpc) is 2.54. The molecule has 1 aliphatic heterocycles. The molecule has 2 aromatic rings. The van der Waals surface area contributed by atoms with Crippen molar-refractivity contribution in [2.45, 2.75) is 32.6 Å². The zero-order valence-electron chi connectivity index (χ0n) is 14.7. The van der Waals surface area contributed by atoms with Crippen molar-refractivity contribution in [1.82, 2.24) is 19.9 Å². The minimum atomic E-state index is -0.281. The fraction of sp³-hybridized carbons (Fsp3) is 0.444. The first-order chi connectivity index (χ1) is 12.0. The summed E-state index contributed by atoms with van der Waals surface area (Å²) in [4.78, 5) is 26.8. The van der Waals surface area contributed by atoms with Crippen LogP contribution in [-0.2, 0) is 4.79 Å². The lowest BCUT2D eigenvalue weighted by atomic mass is 9.94. The lowest BCUT2D eigenvalue weighted by molar-refractivity contribution is -0.119. The van der Waals surface area contributed by atoms with Crippen LogP contribution < -0.4 is 11.1 Å². The van der Waals surface area contributed by atoms with Crippen molar-refractivity contribution in [2.75, 3.05) is 25.0 Å². The molecule has 25 heavy (non-hydrogen) atoms. The number of pyridine rings is 1. The highest BCUT2D eigenvalue weighted by molar-refractivity contribution is 5.75. The summed E-state index contributed by atoms with van der Waals surface area (Å²) in [7, 11) is 0. The molecule has 0 saturated carbocycles. The van der Waals surface area contributed by atoms with E-state index < -0.39 is 0 Å². The van der Waals surface area contributed by atoms with Crippen LogP contribution in [0.15, 0.2) is 24.3 Å². The smallest absolute Gasteiger partial charge is 0.231 e. The summed E-state index contributed by atoms with van der Waals surface area (Å²) in [6.07, 6.45) is 2.10. The summed E-state index contributed by atoms with van der Waals surface area (Å²) < 4.78 is 0. The van der Waals surface area contributed by atoms with E-state index in [1.165, 1.54) is 0 Å². The van der Waals surface area contributed by atoms with Gasteiger partial charge in [0.05, 0.1) is 6.54 Å². The molecule has 132 valence electrons. The van der Waals surface area contributed by atoms with Gasteiger partial charge in [-0.3, -0.25) is 9.69 Å². The van der Waals surface area contributed by atoms with Crippen molar-refractivity contribution < 1.29 is 4.79 Å². The SMILES string of the molecule is Cc1cc(C)nc(Nc2cccc([C@@H]3CCCN(CC(N)=O)C3)n2)n1. The fourth-order valence-corrected chi connectivity index (χ4v) is 3.31. The number of carbonyl (C=O) groups is 1. The van der Waals surface area contributed by atoms with Crippen molar-refractivity contribution in [1.29, 1.82) is 0 Å². The van der Waals surface area contributed by atoms with Crippen LogP contribution in [-0.4, -0.2) is 45.4 Å². The average molecular weight is 340 g/mol. The Morgan fingerprint density at radius 3 is 2.76 bits per heavy atom. The summed E-state index contributed by atoms with van der Waals surface area (Å²) >= 11 is 0. The maximum atomic E-state index is 11.2. The van der Waals surface area contributed by atoms with Gasteiger partial charge >= 0.3 is 0 Å². The Labute approximate surface area is 147 Å². The van der Waals surface area contributed by atoms with Gasteiger partial charge in [-0.15, -0.1) is 0 Å². The second kappa shape index (κ2) is 7.57. The molecule has 3 N–H and O–H groups in total. The number of aromatic nitrogens is 3. The summed E-state index contributed by atoms with van der Waals surface area (Å²) in [5.74, 6) is 1.31. The largest absolute Gasteiger partial charge is 0.369 e. The van der Waals surface area contributed by atoms with Crippen LogP contribution in [0.5, 0.6) is 0 Å². The summed E-state index contributed by atoms with van der Waals surface area (Å²) in [5, 5.41) is 3.19. The van der Waals surface area contributed by atoms with Gasteiger partial charge in [0.1, 0.15) is 5.82 Å². The van der Waals surface area contributed by atoms with E-state index in [1.807, 2.05) is 38.1 Å². The first-order valence-electron chi connectivity index (χ1n) is 8.56. The maximum absolute atomic E-state index is 11.2. The molecule has 3 rings (SSSR count). The third-order valence-corrected chi connectivity index (χ3v) is 4.30. The summed E-state index contributed by atoms with van der Waals surface area (Å²) in [6, 6.07) is 7.87. The van der Waals surface area contributed by atoms with E-state index in [4.69, 9.17) is 10.7 Å². The number of nitrogens with zero attached hydrogens (tertiary/aromatic N) is 4. The standard InChI is InChI=1S/C18H24N6O/c1-12-9-13(2)21-18(20-12)23-17-7-3-6-15(22-17)14-5-4-8-24(10-14)11-16(19)25/h3,6-7,9,14H,4-5,8,10-11H2,1-2H3,(H2,19,25)(H,20,21,22,23)/t14-/m1/s1. The van der Waals surface area contributed by atoms with Gasteiger partial charge in [-0.2, -0.15) is 0 Å². The molecular weight excluding hydrogens is 316 g/mol. The third kappa shape index (κ3) is 4.73. The number of anilines is 2. The highest BCUT2D eigenvalue weighted by Crippen LogP contribution is 2.26. The van der Waals surface area contributed by atoms with E-state index in [2.05, 4.69) is 20.2 Å². The molecule has 0 bridgehead atoms. The first kappa shape index (κ1) is 17.3. The molecule has 0 spiro atoms. The lowest BCUT2D eigenvalue weighted by Crippen LogP contribution is -2.40. The Morgan fingerprint density at radius 1 is 1.28 bits per heavy atom. The minimum absolute atomic E-state index is 0.281. The van der Waals surface area contributed by atoms with Crippen molar-refractivity contribution in [3.8, 4) is 0 Å². The van der Waals surface area contributed by atoms with Crippen LogP contribution in [0.25, 0.3) is 0 Å². The van der Waals surface area contributed by atoms with Crippen LogP contribution in [0.3, 0.4) is 0 Å². The zero-order valence-corrected chi connectivity index (χ0v) is 14.7. The molecule has 3 heterocycles. The molecule has 0 radical (unpaired) electrons. The van der Waals surface area contributed by atoms with Crippen LogP contribution in [0.1, 0.15) is 35.8 Å². The van der Waals surface area contributed by atoms with E-state index in [0.29, 0.717) is 18.4 Å². The number of rotatable bonds is 5. The predicted octanol–water partition coefficient (Wildman–Crippen LogP) is 1.90. The molecule has 0 unspecified atom stereocenters. The first-order valence-corrected chi connectivity index (χ1v) is 8.56. The Morgan fingerprint density at radius 2 is 2.04 bits per heavy atom. The number of primary amides is 1. The van der Waals surface area contributed by atoms with Gasteiger partial charge in [-0.25, -0.2) is 15.0 Å². The molecular formula is C18H24N6O. The number of carbonyl (C=O) groups excluding carboxylic acids is 1. The summed E-state index contributed by atoms with van der Waals surface area (Å²) in [5.41, 5.74) is 8.17. The molecule has 0 aromatic carbocycles. The second-order valence-electron chi connectivity index (χ2n) is 6.59. The normalized spacial score (nSPS) is 18.1. The van der Waals surface area contributed by atoms with Crippen molar-refractivity contribution in [2.24, 2.45) is 5.73 Å². The number of likely N-dealkylation sites (tertiary alicyclic amines) is 1. The fourth-order valence-electron chi connectivity index (χ4n) is 3.31. The van der Waals surface area contributed by atoms with Gasteiger partial charge < -0.3 is 11.1 Å². The van der Waals surface area contributed by atoms with E-state index in [-0.39, 0.29) is 5.91 Å². The van der Waals surface area contributed by atoms with Crippen LogP contribution in [0, 0.1) is 13.8 Å². The number of hydrogen-bond donors (Lipinski definition) is 2. The molecule has 7 nitrogen and oxygen atoms in total. The molecule has 1 atom stereocenters. The van der Waals surface area contributed by atoms with Gasteiger partial charge in [-0.1, -0.05) is 6.07 Å². The zero-order chi connectivity index (χ0) is 17.8. The van der Waals surface area contributed by atoms with Gasteiger partial charge in [0.25, 0.3) is 0 Å². The van der Waals surface area contributed by atoms with Gasteiger partial charge in [-0.05, 0) is 51.4 Å². The molecule has 0 aliphatic carbocycles. The maximum Gasteiger partial charge on any atom is 0.231 e. The topological polar surface area (TPSA) is 97.0 Å². The summed E-state index contributed by atoms with van der Waals surface area (Å²) in [6.45, 7) is 5.91. The van der Waals surface area contributed by atoms with E-state index in [0.717, 1.165) is 48.8 Å². The van der Waals surface area contributed by atoms with Crippen LogP contribution in [0.4, 0.5) is 11.8 Å². The van der Waals surface area contributed by atoms with Crippen molar-refractivity contribution >= 4 is 17.7 Å². The van der Waals surface area contributed by atoms with Crippen LogP contribution >= 0.6 is 0 Å². The third-order valence-electron chi connectivity index (χ3n) is 4.30. The van der Waals surface area contributed by atoms with Gasteiger partial charge in [0.2, 0.25) is 11.9 Å². The number of aryl methyl sites for hydroxylation is 2. The quantitative estimate of drug-likeness (QED) is 0.863. The number of nitrogens with one attached hydrogen (secondary N) is 1. The molecule has 1 saturated heterocycles. The highest BCUT2D eigenvalue weighted by Gasteiger charge is 2.23. The van der Waals surface area contributed by atoms with Gasteiger partial charge in [0.15, 0.2) is 0 Å². The Balaban J connectivity index is 1.73.